The van der Waals surface area contributed by atoms with E-state index in [0.717, 1.165) is 5.56 Å². The topological polar surface area (TPSA) is 38.7 Å². The lowest BCUT2D eigenvalue weighted by molar-refractivity contribution is 0.174. The van der Waals surface area contributed by atoms with Gasteiger partial charge >= 0.3 is 0 Å². The second kappa shape index (κ2) is 6.78. The summed E-state index contributed by atoms with van der Waals surface area (Å²) in [6.45, 7) is 0. The molecular weight excluding hydrogens is 295 g/mol. The van der Waals surface area contributed by atoms with Gasteiger partial charge in [0.05, 0.1) is 20.3 Å². The average Bonchev–Trinajstić information content (AvgIpc) is 2.49. The minimum absolute atomic E-state index is 0.307. The van der Waals surface area contributed by atoms with Gasteiger partial charge in [-0.05, 0) is 29.8 Å². The molecule has 0 aliphatic rings. The predicted molar refractivity (Wildman–Crippen MR) is 79.6 cm³/mol. The molecule has 21 heavy (non-hydrogen) atoms. The van der Waals surface area contributed by atoms with Gasteiger partial charge in [0.1, 0.15) is 22.3 Å². The van der Waals surface area contributed by atoms with E-state index in [9.17, 15) is 9.50 Å². The van der Waals surface area contributed by atoms with Gasteiger partial charge in [-0.3, -0.25) is 0 Å². The number of hydrogen-bond acceptors (Lipinski definition) is 3. The fourth-order valence-electron chi connectivity index (χ4n) is 2.13. The van der Waals surface area contributed by atoms with Gasteiger partial charge in [0, 0.05) is 12.0 Å². The Kier molecular flexibility index (Phi) is 5.04. The number of methoxy groups -OCH3 is 2. The van der Waals surface area contributed by atoms with Crippen molar-refractivity contribution in [3.63, 3.8) is 0 Å². The summed E-state index contributed by atoms with van der Waals surface area (Å²) >= 11 is 6.17. The first-order valence-electron chi connectivity index (χ1n) is 6.39. The largest absolute Gasteiger partial charge is 0.495 e. The number of hydrogen-bond donors (Lipinski definition) is 1. The first-order chi connectivity index (χ1) is 10.1. The Balaban J connectivity index is 2.28. The van der Waals surface area contributed by atoms with Gasteiger partial charge in [-0.2, -0.15) is 0 Å². The molecule has 0 bridgehead atoms. The van der Waals surface area contributed by atoms with E-state index in [1.807, 2.05) is 0 Å². The van der Waals surface area contributed by atoms with Crippen molar-refractivity contribution >= 4 is 11.6 Å². The molecule has 2 aromatic carbocycles. The molecule has 3 nitrogen and oxygen atoms in total. The lowest BCUT2D eigenvalue weighted by Gasteiger charge is -2.17. The summed E-state index contributed by atoms with van der Waals surface area (Å²) in [5.74, 6) is 0.551. The molecule has 2 rings (SSSR count). The van der Waals surface area contributed by atoms with Crippen molar-refractivity contribution < 1.29 is 19.0 Å². The zero-order valence-corrected chi connectivity index (χ0v) is 12.5. The van der Waals surface area contributed by atoms with Crippen molar-refractivity contribution in [3.05, 3.63) is 58.4 Å². The summed E-state index contributed by atoms with van der Waals surface area (Å²) in [6, 6.07) is 9.37. The van der Waals surface area contributed by atoms with E-state index in [2.05, 4.69) is 0 Å². The molecule has 1 atom stereocenters. The molecule has 0 aliphatic heterocycles. The van der Waals surface area contributed by atoms with Crippen molar-refractivity contribution in [2.75, 3.05) is 14.2 Å². The zero-order valence-electron chi connectivity index (χ0n) is 11.8. The molecule has 0 saturated carbocycles. The van der Waals surface area contributed by atoms with Crippen LogP contribution >= 0.6 is 11.6 Å². The molecule has 2 aromatic rings. The van der Waals surface area contributed by atoms with Gasteiger partial charge in [-0.15, -0.1) is 0 Å². The number of ether oxygens (including phenoxy) is 2. The maximum Gasteiger partial charge on any atom is 0.147 e. The van der Waals surface area contributed by atoms with Crippen molar-refractivity contribution in [2.45, 2.75) is 12.5 Å². The van der Waals surface area contributed by atoms with Crippen LogP contribution in [0.3, 0.4) is 0 Å². The molecule has 0 aliphatic carbocycles. The van der Waals surface area contributed by atoms with Crippen LogP contribution < -0.4 is 9.47 Å². The number of halogens is 2. The lowest BCUT2D eigenvalue weighted by Crippen LogP contribution is -2.05. The first kappa shape index (κ1) is 15.6. The van der Waals surface area contributed by atoms with Gasteiger partial charge in [-0.25, -0.2) is 4.39 Å². The summed E-state index contributed by atoms with van der Waals surface area (Å²) in [7, 11) is 2.99. The molecule has 0 spiro atoms. The van der Waals surface area contributed by atoms with Crippen LogP contribution in [0.25, 0.3) is 0 Å². The van der Waals surface area contributed by atoms with E-state index < -0.39 is 6.10 Å². The maximum absolute atomic E-state index is 12.9. The van der Waals surface area contributed by atoms with Crippen LogP contribution in [0.5, 0.6) is 11.5 Å². The van der Waals surface area contributed by atoms with E-state index in [-0.39, 0.29) is 5.82 Å². The number of benzene rings is 2. The molecule has 0 heterocycles. The Morgan fingerprint density at radius 3 is 2.33 bits per heavy atom. The van der Waals surface area contributed by atoms with E-state index >= 15 is 0 Å². The summed E-state index contributed by atoms with van der Waals surface area (Å²) in [6.07, 6.45) is -0.479. The fourth-order valence-corrected chi connectivity index (χ4v) is 2.46. The van der Waals surface area contributed by atoms with E-state index in [1.165, 1.54) is 26.4 Å². The van der Waals surface area contributed by atoms with Gasteiger partial charge in [0.2, 0.25) is 0 Å². The minimum Gasteiger partial charge on any atom is -0.495 e. The molecule has 0 fully saturated rings. The molecule has 0 amide bonds. The average molecular weight is 311 g/mol. The Bertz CT molecular complexity index is 614. The monoisotopic (exact) mass is 310 g/mol. The normalized spacial score (nSPS) is 12.0. The summed E-state index contributed by atoms with van der Waals surface area (Å²) in [5.41, 5.74) is 1.38. The zero-order chi connectivity index (χ0) is 15.4. The molecule has 112 valence electrons. The highest BCUT2D eigenvalue weighted by molar-refractivity contribution is 6.33. The van der Waals surface area contributed by atoms with Crippen LogP contribution in [0.1, 0.15) is 17.2 Å². The quantitative estimate of drug-likeness (QED) is 0.913. The van der Waals surface area contributed by atoms with E-state index in [4.69, 9.17) is 21.1 Å². The second-order valence-electron chi connectivity index (χ2n) is 4.55. The maximum atomic E-state index is 12.9. The SMILES string of the molecule is COc1ccc(C(O)Cc2ccc(F)cc2)c(OC)c1Cl. The minimum atomic E-state index is -0.811. The number of aliphatic hydroxyl groups excluding tert-OH is 1. The second-order valence-corrected chi connectivity index (χ2v) is 4.93. The summed E-state index contributed by atoms with van der Waals surface area (Å²) < 4.78 is 23.3. The van der Waals surface area contributed by atoms with Gasteiger partial charge < -0.3 is 14.6 Å². The van der Waals surface area contributed by atoms with Crippen molar-refractivity contribution in [2.24, 2.45) is 0 Å². The predicted octanol–water partition coefficient (Wildman–Crippen LogP) is 3.77. The van der Waals surface area contributed by atoms with Crippen molar-refractivity contribution in [3.8, 4) is 11.5 Å². The molecule has 1 unspecified atom stereocenters. The first-order valence-corrected chi connectivity index (χ1v) is 6.77. The molecule has 5 heteroatoms. The van der Waals surface area contributed by atoms with Crippen molar-refractivity contribution in [1.29, 1.82) is 0 Å². The molecule has 0 radical (unpaired) electrons. The highest BCUT2D eigenvalue weighted by Crippen LogP contribution is 2.40. The Morgan fingerprint density at radius 1 is 1.10 bits per heavy atom. The highest BCUT2D eigenvalue weighted by atomic mass is 35.5. The summed E-state index contributed by atoms with van der Waals surface area (Å²) in [4.78, 5) is 0. The van der Waals surface area contributed by atoms with Crippen LogP contribution in [-0.2, 0) is 6.42 Å². The van der Waals surface area contributed by atoms with E-state index in [1.54, 1.807) is 24.3 Å². The third-order valence-electron chi connectivity index (χ3n) is 3.22. The summed E-state index contributed by atoms with van der Waals surface area (Å²) in [5, 5.41) is 10.7. The van der Waals surface area contributed by atoms with Crippen LogP contribution in [-0.4, -0.2) is 19.3 Å². The third kappa shape index (κ3) is 3.46. The Hall–Kier alpha value is -1.78. The van der Waals surface area contributed by atoms with Crippen LogP contribution in [0, 0.1) is 5.82 Å². The van der Waals surface area contributed by atoms with E-state index in [0.29, 0.717) is 28.5 Å². The van der Waals surface area contributed by atoms with Crippen LogP contribution in [0.4, 0.5) is 4.39 Å². The lowest BCUT2D eigenvalue weighted by atomic mass is 10.0. The smallest absolute Gasteiger partial charge is 0.147 e. The number of rotatable bonds is 5. The molecule has 0 saturated heterocycles. The Labute approximate surface area is 127 Å². The molecular formula is C16H16ClFO3. The molecule has 1 N–H and O–H groups in total. The fraction of sp³-hybridized carbons (Fsp3) is 0.250. The van der Waals surface area contributed by atoms with Crippen LogP contribution in [0.15, 0.2) is 36.4 Å². The standard InChI is InChI=1S/C16H16ClFO3/c1-20-14-8-7-12(16(21-2)15(14)17)13(19)9-10-3-5-11(18)6-4-10/h3-8,13,19H,9H2,1-2H3. The van der Waals surface area contributed by atoms with Crippen molar-refractivity contribution in [1.82, 2.24) is 0 Å². The van der Waals surface area contributed by atoms with Gasteiger partial charge in [-0.1, -0.05) is 23.7 Å². The Morgan fingerprint density at radius 2 is 1.76 bits per heavy atom. The number of aliphatic hydroxyl groups is 1. The van der Waals surface area contributed by atoms with Gasteiger partial charge in [0.25, 0.3) is 0 Å². The van der Waals surface area contributed by atoms with Crippen LogP contribution in [0.2, 0.25) is 5.02 Å². The van der Waals surface area contributed by atoms with Gasteiger partial charge in [0.15, 0.2) is 0 Å². The third-order valence-corrected chi connectivity index (χ3v) is 3.58. The highest BCUT2D eigenvalue weighted by Gasteiger charge is 2.19. The molecule has 0 aromatic heterocycles.